The molecular weight excluding hydrogens is 745 g/mol. The Kier molecular flexibility index (Phi) is 25.8. The molecule has 12 heteroatoms. The van der Waals surface area contributed by atoms with E-state index in [0.29, 0.717) is 11.9 Å². The van der Waals surface area contributed by atoms with E-state index in [-0.39, 0.29) is 0 Å². The summed E-state index contributed by atoms with van der Waals surface area (Å²) >= 11 is 0. The average Bonchev–Trinajstić information content (AvgIpc) is 4.01. The largest absolute Gasteiger partial charge is 0.340 e. The van der Waals surface area contributed by atoms with E-state index >= 15 is 0 Å². The molecule has 8 aromatic rings. The van der Waals surface area contributed by atoms with Gasteiger partial charge in [0.05, 0.1) is 23.4 Å². The van der Waals surface area contributed by atoms with E-state index in [0.717, 1.165) is 67.3 Å². The standard InChI is InChI=1S/2C18H16N6.6C2H6/c1-12-10-19-18(22-14-5-3-2-4-6-14)23-17(12)21-15-7-8-16-13(9-15)11-20-24-16;1-12-10-19-18(22-14-5-3-2-4-6-14)23-17(12)21-15-8-7-13-11-20-24-16(13)9-15;6*1-2/h2*2-11H,1H3,(H,20,24)(H2,19,21,22,23);6*1-2H3. The van der Waals surface area contributed by atoms with Crippen molar-refractivity contribution in [3.05, 3.63) is 133 Å². The zero-order valence-electron chi connectivity index (χ0n) is 38.2. The number of aromatic amines is 2. The molecule has 0 fully saturated rings. The number of aryl methyl sites for hydroxylation is 2. The monoisotopic (exact) mass is 813 g/mol. The van der Waals surface area contributed by atoms with Crippen LogP contribution < -0.4 is 21.3 Å². The summed E-state index contributed by atoms with van der Waals surface area (Å²) in [5.41, 5.74) is 7.73. The molecule has 4 aromatic heterocycles. The Morgan fingerprint density at radius 2 is 0.800 bits per heavy atom. The Morgan fingerprint density at radius 3 is 1.28 bits per heavy atom. The molecule has 0 saturated carbocycles. The first-order valence-electron chi connectivity index (χ1n) is 21.3. The van der Waals surface area contributed by atoms with Gasteiger partial charge >= 0.3 is 0 Å². The number of fused-ring (bicyclic) bond motifs is 2. The highest BCUT2D eigenvalue weighted by Crippen LogP contribution is 2.25. The fourth-order valence-corrected chi connectivity index (χ4v) is 4.87. The van der Waals surface area contributed by atoms with Crippen LogP contribution in [0.2, 0.25) is 0 Å². The highest BCUT2D eigenvalue weighted by molar-refractivity contribution is 5.83. The summed E-state index contributed by atoms with van der Waals surface area (Å²) in [6.07, 6.45) is 7.21. The van der Waals surface area contributed by atoms with Gasteiger partial charge in [0.25, 0.3) is 0 Å². The number of nitrogens with one attached hydrogen (secondary N) is 6. The zero-order chi connectivity index (χ0) is 44.7. The number of hydrogen-bond acceptors (Lipinski definition) is 10. The Hall–Kier alpha value is -6.82. The number of aromatic nitrogens is 8. The SMILES string of the molecule is CC.CC.CC.CC.CC.CC.Cc1cnc(Nc2ccccc2)nc1Nc1ccc2[nH]ncc2c1.Cc1cnc(Nc2ccccc2)nc1Nc1ccc2cn[nH]c2c1. The maximum Gasteiger partial charge on any atom is 0.229 e. The highest BCUT2D eigenvalue weighted by Gasteiger charge is 2.08. The van der Waals surface area contributed by atoms with Gasteiger partial charge in [0.15, 0.2) is 0 Å². The molecule has 6 N–H and O–H groups in total. The molecule has 0 atom stereocenters. The van der Waals surface area contributed by atoms with Crippen molar-refractivity contribution in [1.29, 1.82) is 0 Å². The van der Waals surface area contributed by atoms with Crippen molar-refractivity contribution >= 4 is 68.1 Å². The summed E-state index contributed by atoms with van der Waals surface area (Å²) in [5, 5.41) is 29.2. The summed E-state index contributed by atoms with van der Waals surface area (Å²) in [6.45, 7) is 28.0. The third-order valence-corrected chi connectivity index (χ3v) is 7.41. The van der Waals surface area contributed by atoms with Crippen molar-refractivity contribution in [2.45, 2.75) is 96.9 Å². The van der Waals surface area contributed by atoms with Gasteiger partial charge in [-0.3, -0.25) is 10.2 Å². The number of anilines is 8. The van der Waals surface area contributed by atoms with E-state index in [9.17, 15) is 0 Å². The smallest absolute Gasteiger partial charge is 0.229 e. The summed E-state index contributed by atoms with van der Waals surface area (Å²) in [6, 6.07) is 31.8. The lowest BCUT2D eigenvalue weighted by atomic mass is 10.2. The van der Waals surface area contributed by atoms with Crippen LogP contribution in [-0.4, -0.2) is 40.3 Å². The summed E-state index contributed by atoms with van der Waals surface area (Å²) in [7, 11) is 0. The second kappa shape index (κ2) is 30.3. The molecule has 0 spiro atoms. The summed E-state index contributed by atoms with van der Waals surface area (Å²) in [5.74, 6) is 2.64. The van der Waals surface area contributed by atoms with Gasteiger partial charge in [-0.1, -0.05) is 119 Å². The van der Waals surface area contributed by atoms with Gasteiger partial charge in [0, 0.05) is 57.0 Å². The molecule has 0 saturated heterocycles. The number of nitrogens with zero attached hydrogens (tertiary/aromatic N) is 6. The van der Waals surface area contributed by atoms with Crippen molar-refractivity contribution < 1.29 is 0 Å². The minimum absolute atomic E-state index is 0.553. The van der Waals surface area contributed by atoms with E-state index in [4.69, 9.17) is 0 Å². The van der Waals surface area contributed by atoms with Gasteiger partial charge in [-0.25, -0.2) is 9.97 Å². The van der Waals surface area contributed by atoms with Gasteiger partial charge in [-0.05, 0) is 74.5 Å². The molecule has 12 nitrogen and oxygen atoms in total. The first-order chi connectivity index (χ1) is 29.6. The Bertz CT molecular complexity index is 2120. The van der Waals surface area contributed by atoms with Crippen LogP contribution in [0.15, 0.2) is 122 Å². The first-order valence-corrected chi connectivity index (χ1v) is 21.3. The lowest BCUT2D eigenvalue weighted by molar-refractivity contribution is 1.12. The number of benzene rings is 4. The van der Waals surface area contributed by atoms with E-state index < -0.39 is 0 Å². The van der Waals surface area contributed by atoms with Gasteiger partial charge in [0.1, 0.15) is 11.6 Å². The minimum Gasteiger partial charge on any atom is -0.340 e. The molecule has 320 valence electrons. The maximum atomic E-state index is 4.57. The van der Waals surface area contributed by atoms with Crippen molar-refractivity contribution in [2.24, 2.45) is 0 Å². The van der Waals surface area contributed by atoms with Gasteiger partial charge in [-0.2, -0.15) is 20.2 Å². The van der Waals surface area contributed by atoms with Crippen molar-refractivity contribution in [1.82, 2.24) is 40.3 Å². The van der Waals surface area contributed by atoms with Crippen LogP contribution in [0.3, 0.4) is 0 Å². The van der Waals surface area contributed by atoms with E-state index in [2.05, 4.69) is 61.6 Å². The number of para-hydroxylation sites is 2. The Labute approximate surface area is 358 Å². The molecule has 4 heterocycles. The van der Waals surface area contributed by atoms with Gasteiger partial charge in [0.2, 0.25) is 11.9 Å². The third kappa shape index (κ3) is 16.2. The van der Waals surface area contributed by atoms with Crippen molar-refractivity contribution in [3.8, 4) is 0 Å². The summed E-state index contributed by atoms with van der Waals surface area (Å²) < 4.78 is 0. The van der Waals surface area contributed by atoms with Crippen molar-refractivity contribution in [2.75, 3.05) is 21.3 Å². The lowest BCUT2D eigenvalue weighted by Gasteiger charge is -2.11. The van der Waals surface area contributed by atoms with Crippen molar-refractivity contribution in [3.63, 3.8) is 0 Å². The fraction of sp³-hybridized carbons (Fsp3) is 0.292. The van der Waals surface area contributed by atoms with Crippen LogP contribution in [0, 0.1) is 13.8 Å². The lowest BCUT2D eigenvalue weighted by Crippen LogP contribution is -2.02. The highest BCUT2D eigenvalue weighted by atomic mass is 15.2. The molecule has 0 unspecified atom stereocenters. The van der Waals surface area contributed by atoms with Gasteiger partial charge in [-0.15, -0.1) is 0 Å². The number of rotatable bonds is 8. The molecule has 0 amide bonds. The normalized spacial score (nSPS) is 9.17. The predicted molar refractivity (Wildman–Crippen MR) is 260 cm³/mol. The van der Waals surface area contributed by atoms with E-state index in [1.54, 1.807) is 24.8 Å². The molecule has 60 heavy (non-hydrogen) atoms. The molecule has 0 radical (unpaired) electrons. The van der Waals surface area contributed by atoms with E-state index in [1.807, 2.05) is 194 Å². The molecule has 4 aromatic carbocycles. The molecular formula is C48H68N12. The van der Waals surface area contributed by atoms with Gasteiger partial charge < -0.3 is 21.3 Å². The minimum atomic E-state index is 0.553. The average molecular weight is 813 g/mol. The molecule has 0 aliphatic carbocycles. The van der Waals surface area contributed by atoms with Crippen LogP contribution in [0.4, 0.5) is 46.3 Å². The molecule has 8 rings (SSSR count). The van der Waals surface area contributed by atoms with Crippen LogP contribution >= 0.6 is 0 Å². The topological polar surface area (TPSA) is 157 Å². The fourth-order valence-electron chi connectivity index (χ4n) is 4.87. The van der Waals surface area contributed by atoms with E-state index in [1.165, 1.54) is 0 Å². The van der Waals surface area contributed by atoms with Crippen LogP contribution in [0.1, 0.15) is 94.2 Å². The van der Waals surface area contributed by atoms with Crippen LogP contribution in [-0.2, 0) is 0 Å². The Balaban J connectivity index is 0.000000481. The molecule has 0 bridgehead atoms. The second-order valence-corrected chi connectivity index (χ2v) is 11.0. The quantitative estimate of drug-likeness (QED) is 0.0872. The zero-order valence-corrected chi connectivity index (χ0v) is 38.2. The first kappa shape index (κ1) is 51.2. The van der Waals surface area contributed by atoms with Crippen LogP contribution in [0.25, 0.3) is 21.8 Å². The number of hydrogen-bond donors (Lipinski definition) is 6. The Morgan fingerprint density at radius 1 is 0.383 bits per heavy atom. The number of H-pyrrole nitrogens is 2. The third-order valence-electron chi connectivity index (χ3n) is 7.41. The molecule has 0 aliphatic rings. The van der Waals surface area contributed by atoms with Crippen LogP contribution in [0.5, 0.6) is 0 Å². The second-order valence-electron chi connectivity index (χ2n) is 11.0. The summed E-state index contributed by atoms with van der Waals surface area (Å²) in [4.78, 5) is 17.8. The maximum absolute atomic E-state index is 4.57. The molecule has 0 aliphatic heterocycles. The predicted octanol–water partition coefficient (Wildman–Crippen LogP) is 14.5.